The Hall–Kier alpha value is -0.280. The van der Waals surface area contributed by atoms with Gasteiger partial charge in [0.05, 0.1) is 5.71 Å². The molecule has 0 bridgehead atoms. The molecule has 3 nitrogen and oxygen atoms in total. The highest BCUT2D eigenvalue weighted by Crippen LogP contribution is 1.89. The van der Waals surface area contributed by atoms with E-state index in [2.05, 4.69) is 10.5 Å². The first-order chi connectivity index (χ1) is 3.43. The van der Waals surface area contributed by atoms with Crippen LogP contribution in [-0.4, -0.2) is 24.0 Å². The minimum atomic E-state index is 0. The highest BCUT2D eigenvalue weighted by molar-refractivity contribution is 5.87. The standard InChI is InChI=1S/C4H8N2O.ClH/c7-6-4-1-2-5-3-4;/h5,7H,1-3H2;1H/b6-4-;. The fraction of sp³-hybridized carbons (Fsp3) is 0.750. The molecule has 1 rings (SSSR count). The molecule has 0 amide bonds. The summed E-state index contributed by atoms with van der Waals surface area (Å²) in [5.74, 6) is 0. The van der Waals surface area contributed by atoms with Crippen LogP contribution in [0.1, 0.15) is 6.42 Å². The van der Waals surface area contributed by atoms with Crippen molar-refractivity contribution in [2.75, 3.05) is 13.1 Å². The Kier molecular flexibility index (Phi) is 3.56. The van der Waals surface area contributed by atoms with E-state index in [1.165, 1.54) is 0 Å². The Morgan fingerprint density at radius 3 is 2.62 bits per heavy atom. The van der Waals surface area contributed by atoms with Crippen molar-refractivity contribution in [1.29, 1.82) is 0 Å². The zero-order chi connectivity index (χ0) is 5.11. The molecule has 0 aromatic carbocycles. The van der Waals surface area contributed by atoms with Gasteiger partial charge >= 0.3 is 0 Å². The number of halogens is 1. The predicted octanol–water partition coefficient (Wildman–Crippen LogP) is 0.232. The van der Waals surface area contributed by atoms with Crippen molar-refractivity contribution in [3.63, 3.8) is 0 Å². The maximum atomic E-state index is 8.11. The minimum Gasteiger partial charge on any atom is -0.411 e. The summed E-state index contributed by atoms with van der Waals surface area (Å²) in [5.41, 5.74) is 0.861. The Labute approximate surface area is 54.2 Å². The number of oxime groups is 1. The predicted molar refractivity (Wildman–Crippen MR) is 34.0 cm³/mol. The van der Waals surface area contributed by atoms with Crippen LogP contribution in [0.25, 0.3) is 0 Å². The Bertz CT molecular complexity index is 86.0. The van der Waals surface area contributed by atoms with Crippen LogP contribution in [0.15, 0.2) is 5.16 Å². The summed E-state index contributed by atoms with van der Waals surface area (Å²) in [7, 11) is 0. The molecule has 1 heterocycles. The summed E-state index contributed by atoms with van der Waals surface area (Å²) in [5, 5.41) is 14.2. The van der Waals surface area contributed by atoms with Gasteiger partial charge in [-0.1, -0.05) is 5.16 Å². The minimum absolute atomic E-state index is 0. The zero-order valence-corrected chi connectivity index (χ0v) is 5.24. The van der Waals surface area contributed by atoms with Gasteiger partial charge < -0.3 is 10.5 Å². The van der Waals surface area contributed by atoms with E-state index in [1.807, 2.05) is 0 Å². The molecule has 0 aliphatic carbocycles. The molecular weight excluding hydrogens is 128 g/mol. The second-order valence-electron chi connectivity index (χ2n) is 1.59. The van der Waals surface area contributed by atoms with Gasteiger partial charge in [-0.3, -0.25) is 0 Å². The third-order valence-electron chi connectivity index (χ3n) is 1.06. The molecule has 0 aromatic rings. The van der Waals surface area contributed by atoms with Crippen molar-refractivity contribution in [1.82, 2.24) is 5.32 Å². The van der Waals surface area contributed by atoms with Crippen molar-refractivity contribution in [3.8, 4) is 0 Å². The summed E-state index contributed by atoms with van der Waals surface area (Å²) in [6, 6.07) is 0. The quantitative estimate of drug-likeness (QED) is 0.370. The van der Waals surface area contributed by atoms with Gasteiger partial charge in [0.15, 0.2) is 0 Å². The number of nitrogens with one attached hydrogen (secondary N) is 1. The summed E-state index contributed by atoms with van der Waals surface area (Å²) in [6.07, 6.45) is 0.899. The highest BCUT2D eigenvalue weighted by Gasteiger charge is 2.05. The summed E-state index contributed by atoms with van der Waals surface area (Å²) in [6.45, 7) is 1.72. The highest BCUT2D eigenvalue weighted by atomic mass is 35.5. The van der Waals surface area contributed by atoms with E-state index in [9.17, 15) is 0 Å². The molecule has 1 saturated heterocycles. The molecule has 1 fully saturated rings. The van der Waals surface area contributed by atoms with Crippen LogP contribution in [0, 0.1) is 0 Å². The molecule has 0 atom stereocenters. The van der Waals surface area contributed by atoms with Gasteiger partial charge in [0.1, 0.15) is 0 Å². The molecule has 1 aliphatic heterocycles. The lowest BCUT2D eigenvalue weighted by Gasteiger charge is -1.81. The summed E-state index contributed by atoms with van der Waals surface area (Å²) < 4.78 is 0. The third-order valence-corrected chi connectivity index (χ3v) is 1.06. The van der Waals surface area contributed by atoms with E-state index < -0.39 is 0 Å². The van der Waals surface area contributed by atoms with E-state index in [4.69, 9.17) is 5.21 Å². The van der Waals surface area contributed by atoms with Crippen LogP contribution in [0.4, 0.5) is 0 Å². The topological polar surface area (TPSA) is 44.6 Å². The molecule has 0 spiro atoms. The Morgan fingerprint density at radius 2 is 2.38 bits per heavy atom. The molecule has 0 aromatic heterocycles. The second kappa shape index (κ2) is 3.69. The number of hydrogen-bond acceptors (Lipinski definition) is 3. The van der Waals surface area contributed by atoms with Crippen LogP contribution in [0.3, 0.4) is 0 Å². The fourth-order valence-electron chi connectivity index (χ4n) is 0.639. The molecule has 48 valence electrons. The van der Waals surface area contributed by atoms with Gasteiger partial charge in [0, 0.05) is 19.5 Å². The first kappa shape index (κ1) is 7.72. The number of hydrogen-bond donors (Lipinski definition) is 2. The maximum Gasteiger partial charge on any atom is 0.0720 e. The maximum absolute atomic E-state index is 8.11. The monoisotopic (exact) mass is 136 g/mol. The van der Waals surface area contributed by atoms with Crippen LogP contribution >= 0.6 is 12.4 Å². The van der Waals surface area contributed by atoms with Gasteiger partial charge in [-0.15, -0.1) is 12.4 Å². The fourth-order valence-corrected chi connectivity index (χ4v) is 0.639. The average molecular weight is 137 g/mol. The smallest absolute Gasteiger partial charge is 0.0720 e. The van der Waals surface area contributed by atoms with Crippen LogP contribution in [-0.2, 0) is 0 Å². The third kappa shape index (κ3) is 1.68. The van der Waals surface area contributed by atoms with Gasteiger partial charge in [0.2, 0.25) is 0 Å². The van der Waals surface area contributed by atoms with Crippen molar-refractivity contribution in [2.45, 2.75) is 6.42 Å². The van der Waals surface area contributed by atoms with Crippen molar-refractivity contribution < 1.29 is 5.21 Å². The molecule has 0 unspecified atom stereocenters. The van der Waals surface area contributed by atoms with E-state index in [0.717, 1.165) is 25.2 Å². The molecule has 2 N–H and O–H groups in total. The Morgan fingerprint density at radius 1 is 1.62 bits per heavy atom. The Balaban J connectivity index is 0.000000490. The SMILES string of the molecule is Cl.O/N=C1/CCNC1. The first-order valence-corrected chi connectivity index (χ1v) is 2.34. The van der Waals surface area contributed by atoms with Crippen molar-refractivity contribution in [2.24, 2.45) is 5.16 Å². The van der Waals surface area contributed by atoms with E-state index in [0.29, 0.717) is 0 Å². The van der Waals surface area contributed by atoms with E-state index >= 15 is 0 Å². The van der Waals surface area contributed by atoms with Crippen molar-refractivity contribution in [3.05, 3.63) is 0 Å². The molecular formula is C4H9ClN2O. The normalized spacial score (nSPS) is 23.2. The molecule has 8 heavy (non-hydrogen) atoms. The van der Waals surface area contributed by atoms with Gasteiger partial charge in [-0.25, -0.2) is 0 Å². The molecule has 4 heteroatoms. The lowest BCUT2D eigenvalue weighted by molar-refractivity contribution is 0.318. The largest absolute Gasteiger partial charge is 0.411 e. The lowest BCUT2D eigenvalue weighted by Crippen LogP contribution is -2.07. The van der Waals surface area contributed by atoms with Gasteiger partial charge in [-0.05, 0) is 0 Å². The number of rotatable bonds is 0. The number of nitrogens with zero attached hydrogens (tertiary/aromatic N) is 1. The molecule has 0 saturated carbocycles. The van der Waals surface area contributed by atoms with E-state index in [-0.39, 0.29) is 12.4 Å². The molecule has 0 radical (unpaired) electrons. The average Bonchev–Trinajstić information content (AvgIpc) is 2.14. The summed E-state index contributed by atoms with van der Waals surface area (Å²) in [4.78, 5) is 0. The van der Waals surface area contributed by atoms with Gasteiger partial charge in [0.25, 0.3) is 0 Å². The lowest BCUT2D eigenvalue weighted by atomic mass is 10.3. The van der Waals surface area contributed by atoms with Gasteiger partial charge in [-0.2, -0.15) is 0 Å². The van der Waals surface area contributed by atoms with Crippen LogP contribution in [0.5, 0.6) is 0 Å². The second-order valence-corrected chi connectivity index (χ2v) is 1.59. The van der Waals surface area contributed by atoms with Crippen LogP contribution in [0.2, 0.25) is 0 Å². The summed E-state index contributed by atoms with van der Waals surface area (Å²) >= 11 is 0. The first-order valence-electron chi connectivity index (χ1n) is 2.34. The van der Waals surface area contributed by atoms with Crippen LogP contribution < -0.4 is 5.32 Å². The zero-order valence-electron chi connectivity index (χ0n) is 4.42. The van der Waals surface area contributed by atoms with Crippen molar-refractivity contribution >= 4 is 18.1 Å². The molecule has 1 aliphatic rings. The van der Waals surface area contributed by atoms with E-state index in [1.54, 1.807) is 0 Å².